The second-order valence-electron chi connectivity index (χ2n) is 3.89. The van der Waals surface area contributed by atoms with E-state index in [-0.39, 0.29) is 11.5 Å². The molecule has 1 aromatic heterocycles. The van der Waals surface area contributed by atoms with Crippen molar-refractivity contribution in [1.82, 2.24) is 5.43 Å². The summed E-state index contributed by atoms with van der Waals surface area (Å²) in [4.78, 5) is 0. The number of halogens is 1. The van der Waals surface area contributed by atoms with Gasteiger partial charge in [-0.05, 0) is 40.3 Å². The number of furan rings is 1. The number of hydrogen-bond acceptors (Lipinski definition) is 3. The van der Waals surface area contributed by atoms with E-state index in [4.69, 9.17) is 10.3 Å². The fourth-order valence-corrected chi connectivity index (χ4v) is 2.02. The average Bonchev–Trinajstić information content (AvgIpc) is 2.69. The van der Waals surface area contributed by atoms with Gasteiger partial charge in [-0.25, -0.2) is 5.43 Å². The number of hydrazine groups is 1. The molecule has 1 atom stereocenters. The van der Waals surface area contributed by atoms with Crippen LogP contribution in [0.4, 0.5) is 0 Å². The van der Waals surface area contributed by atoms with Crippen molar-refractivity contribution in [3.63, 3.8) is 0 Å². The van der Waals surface area contributed by atoms with E-state index >= 15 is 0 Å². The van der Waals surface area contributed by atoms with E-state index in [0.717, 1.165) is 10.2 Å². The summed E-state index contributed by atoms with van der Waals surface area (Å²) in [6.07, 6.45) is 4.08. The van der Waals surface area contributed by atoms with Crippen molar-refractivity contribution in [3.8, 4) is 0 Å². The molecule has 72 valence electrons. The van der Waals surface area contributed by atoms with Crippen LogP contribution in [0.2, 0.25) is 0 Å². The molecule has 13 heavy (non-hydrogen) atoms. The highest BCUT2D eigenvalue weighted by molar-refractivity contribution is 9.10. The predicted octanol–water partition coefficient (Wildman–Crippen LogP) is 2.35. The summed E-state index contributed by atoms with van der Waals surface area (Å²) >= 11 is 3.44. The van der Waals surface area contributed by atoms with E-state index in [1.807, 2.05) is 6.07 Å². The van der Waals surface area contributed by atoms with Gasteiger partial charge in [-0.15, -0.1) is 0 Å². The maximum Gasteiger partial charge on any atom is 0.136 e. The zero-order chi connectivity index (χ0) is 9.47. The molecule has 4 heteroatoms. The Morgan fingerprint density at radius 1 is 1.69 bits per heavy atom. The molecule has 1 saturated carbocycles. The van der Waals surface area contributed by atoms with Gasteiger partial charge >= 0.3 is 0 Å². The van der Waals surface area contributed by atoms with E-state index < -0.39 is 0 Å². The Bertz CT molecular complexity index is 306. The molecule has 0 saturated heterocycles. The molecular formula is C9H13BrN2O. The second kappa shape index (κ2) is 3.12. The Morgan fingerprint density at radius 3 is 2.77 bits per heavy atom. The summed E-state index contributed by atoms with van der Waals surface area (Å²) in [7, 11) is 0. The molecule has 1 heterocycles. The molecule has 0 bridgehead atoms. The van der Waals surface area contributed by atoms with Crippen molar-refractivity contribution in [2.24, 2.45) is 11.3 Å². The molecule has 1 aromatic rings. The van der Waals surface area contributed by atoms with Crippen molar-refractivity contribution < 1.29 is 4.42 Å². The average molecular weight is 245 g/mol. The Kier molecular flexibility index (Phi) is 2.21. The van der Waals surface area contributed by atoms with Crippen LogP contribution in [-0.4, -0.2) is 0 Å². The summed E-state index contributed by atoms with van der Waals surface area (Å²) in [6.45, 7) is 2.21. The van der Waals surface area contributed by atoms with Crippen LogP contribution >= 0.6 is 15.9 Å². The molecule has 0 spiro atoms. The SMILES string of the molecule is CC1(C(NN)c2occc2Br)CC1. The van der Waals surface area contributed by atoms with E-state index in [9.17, 15) is 0 Å². The molecule has 1 aliphatic rings. The molecule has 0 aromatic carbocycles. The summed E-state index contributed by atoms with van der Waals surface area (Å²) in [5.74, 6) is 6.43. The third kappa shape index (κ3) is 1.54. The molecule has 3 nitrogen and oxygen atoms in total. The Labute approximate surface area is 85.8 Å². The van der Waals surface area contributed by atoms with E-state index in [1.165, 1.54) is 12.8 Å². The third-order valence-corrected chi connectivity index (χ3v) is 3.46. The number of nitrogens with one attached hydrogen (secondary N) is 1. The van der Waals surface area contributed by atoms with Crippen LogP contribution in [0, 0.1) is 5.41 Å². The molecule has 1 unspecified atom stereocenters. The van der Waals surface area contributed by atoms with Gasteiger partial charge in [-0.2, -0.15) is 0 Å². The minimum Gasteiger partial charge on any atom is -0.466 e. The normalized spacial score (nSPS) is 21.5. The molecular weight excluding hydrogens is 232 g/mol. The van der Waals surface area contributed by atoms with Crippen LogP contribution in [0.5, 0.6) is 0 Å². The van der Waals surface area contributed by atoms with Gasteiger partial charge in [0.15, 0.2) is 0 Å². The zero-order valence-corrected chi connectivity index (χ0v) is 9.10. The van der Waals surface area contributed by atoms with Gasteiger partial charge in [-0.3, -0.25) is 5.84 Å². The van der Waals surface area contributed by atoms with Crippen molar-refractivity contribution in [1.29, 1.82) is 0 Å². The van der Waals surface area contributed by atoms with Gasteiger partial charge in [0.05, 0.1) is 16.8 Å². The van der Waals surface area contributed by atoms with Crippen molar-refractivity contribution in [2.45, 2.75) is 25.8 Å². The van der Waals surface area contributed by atoms with Crippen LogP contribution in [0.3, 0.4) is 0 Å². The largest absolute Gasteiger partial charge is 0.466 e. The lowest BCUT2D eigenvalue weighted by atomic mass is 9.97. The molecule has 0 radical (unpaired) electrons. The van der Waals surface area contributed by atoms with Crippen LogP contribution in [0.1, 0.15) is 31.6 Å². The first-order valence-corrected chi connectivity index (χ1v) is 5.16. The number of nitrogens with two attached hydrogens (primary N) is 1. The van der Waals surface area contributed by atoms with Crippen LogP contribution in [-0.2, 0) is 0 Å². The van der Waals surface area contributed by atoms with Gasteiger partial charge < -0.3 is 4.42 Å². The topological polar surface area (TPSA) is 51.2 Å². The van der Waals surface area contributed by atoms with Crippen LogP contribution < -0.4 is 11.3 Å². The summed E-state index contributed by atoms with van der Waals surface area (Å²) in [5.41, 5.74) is 3.10. The number of rotatable bonds is 3. The molecule has 1 fully saturated rings. The van der Waals surface area contributed by atoms with Gasteiger partial charge in [0.25, 0.3) is 0 Å². The quantitative estimate of drug-likeness (QED) is 0.634. The smallest absolute Gasteiger partial charge is 0.136 e. The number of hydrogen-bond donors (Lipinski definition) is 2. The fourth-order valence-electron chi connectivity index (χ4n) is 1.59. The van der Waals surface area contributed by atoms with Gasteiger partial charge in [0, 0.05) is 0 Å². The Hall–Kier alpha value is -0.320. The Morgan fingerprint density at radius 2 is 2.38 bits per heavy atom. The van der Waals surface area contributed by atoms with Gasteiger partial charge in [-0.1, -0.05) is 6.92 Å². The van der Waals surface area contributed by atoms with Crippen LogP contribution in [0.25, 0.3) is 0 Å². The molecule has 1 aliphatic carbocycles. The lowest BCUT2D eigenvalue weighted by Gasteiger charge is -2.20. The lowest BCUT2D eigenvalue weighted by Crippen LogP contribution is -2.33. The summed E-state index contributed by atoms with van der Waals surface area (Å²) in [6, 6.07) is 2.02. The maximum absolute atomic E-state index is 5.53. The standard InChI is InChI=1S/C9H13BrN2O/c1-9(3-4-9)8(12-11)7-6(10)2-5-13-7/h2,5,8,12H,3-4,11H2,1H3. The summed E-state index contributed by atoms with van der Waals surface area (Å²) in [5, 5.41) is 0. The third-order valence-electron chi connectivity index (χ3n) is 2.81. The fraction of sp³-hybridized carbons (Fsp3) is 0.556. The molecule has 0 aliphatic heterocycles. The monoisotopic (exact) mass is 244 g/mol. The lowest BCUT2D eigenvalue weighted by molar-refractivity contribution is 0.311. The minimum atomic E-state index is 0.122. The van der Waals surface area contributed by atoms with Crippen LogP contribution in [0.15, 0.2) is 21.2 Å². The minimum absolute atomic E-state index is 0.122. The molecule has 2 rings (SSSR count). The first-order valence-electron chi connectivity index (χ1n) is 4.36. The maximum atomic E-state index is 5.53. The summed E-state index contributed by atoms with van der Waals surface area (Å²) < 4.78 is 6.38. The van der Waals surface area contributed by atoms with E-state index in [0.29, 0.717) is 0 Å². The van der Waals surface area contributed by atoms with Crippen molar-refractivity contribution >= 4 is 15.9 Å². The zero-order valence-electron chi connectivity index (χ0n) is 7.51. The predicted molar refractivity (Wildman–Crippen MR) is 53.8 cm³/mol. The Balaban J connectivity index is 2.27. The molecule has 0 amide bonds. The van der Waals surface area contributed by atoms with Gasteiger partial charge in [0.1, 0.15) is 5.76 Å². The highest BCUT2D eigenvalue weighted by Gasteiger charge is 2.47. The van der Waals surface area contributed by atoms with Crippen molar-refractivity contribution in [3.05, 3.63) is 22.6 Å². The first-order chi connectivity index (χ1) is 6.17. The first kappa shape index (κ1) is 9.24. The highest BCUT2D eigenvalue weighted by atomic mass is 79.9. The molecule has 3 N–H and O–H groups in total. The second-order valence-corrected chi connectivity index (χ2v) is 4.74. The highest BCUT2D eigenvalue weighted by Crippen LogP contribution is 2.55. The van der Waals surface area contributed by atoms with Crippen molar-refractivity contribution in [2.75, 3.05) is 0 Å². The van der Waals surface area contributed by atoms with E-state index in [1.54, 1.807) is 6.26 Å². The van der Waals surface area contributed by atoms with Gasteiger partial charge in [0.2, 0.25) is 0 Å². The van der Waals surface area contributed by atoms with E-state index in [2.05, 4.69) is 28.3 Å².